The summed E-state index contributed by atoms with van der Waals surface area (Å²) in [5.41, 5.74) is 1.59. The van der Waals surface area contributed by atoms with E-state index in [-0.39, 0.29) is 11.8 Å². The SMILES string of the molecule is Oc1ccc(F)cc1C1=C[C@H](c2ccc(Cl)cc2Cl)n2ncnc2N1. The van der Waals surface area contributed by atoms with Crippen molar-refractivity contribution in [1.82, 2.24) is 14.8 Å². The number of phenols is 1. The Kier molecular flexibility index (Phi) is 3.86. The highest BCUT2D eigenvalue weighted by molar-refractivity contribution is 6.35. The number of nitrogens with zero attached hydrogens (tertiary/aromatic N) is 3. The number of allylic oxidation sites excluding steroid dienone is 1. The molecule has 0 spiro atoms. The molecule has 25 heavy (non-hydrogen) atoms. The summed E-state index contributed by atoms with van der Waals surface area (Å²) in [6.45, 7) is 0. The van der Waals surface area contributed by atoms with Crippen molar-refractivity contribution in [2.45, 2.75) is 6.04 Å². The molecule has 0 unspecified atom stereocenters. The second kappa shape index (κ2) is 6.06. The Balaban J connectivity index is 1.87. The maximum absolute atomic E-state index is 13.6. The highest BCUT2D eigenvalue weighted by Crippen LogP contribution is 2.37. The summed E-state index contributed by atoms with van der Waals surface area (Å²) in [6.07, 6.45) is 3.20. The molecular weight excluding hydrogens is 366 g/mol. The van der Waals surface area contributed by atoms with Gasteiger partial charge in [0.1, 0.15) is 23.9 Å². The minimum atomic E-state index is -0.455. The monoisotopic (exact) mass is 376 g/mol. The zero-order chi connectivity index (χ0) is 17.6. The van der Waals surface area contributed by atoms with Gasteiger partial charge in [-0.05, 0) is 42.0 Å². The van der Waals surface area contributed by atoms with Crippen LogP contribution in [0, 0.1) is 5.82 Å². The van der Waals surface area contributed by atoms with E-state index in [1.54, 1.807) is 29.0 Å². The topological polar surface area (TPSA) is 63.0 Å². The smallest absolute Gasteiger partial charge is 0.226 e. The van der Waals surface area contributed by atoms with Crippen LogP contribution in [0.15, 0.2) is 48.8 Å². The zero-order valence-electron chi connectivity index (χ0n) is 12.6. The maximum atomic E-state index is 13.6. The average Bonchev–Trinajstić information content (AvgIpc) is 3.05. The Morgan fingerprint density at radius 3 is 2.80 bits per heavy atom. The van der Waals surface area contributed by atoms with Crippen molar-refractivity contribution < 1.29 is 9.50 Å². The maximum Gasteiger partial charge on any atom is 0.226 e. The Bertz CT molecular complexity index is 1000. The first-order chi connectivity index (χ1) is 12.0. The van der Waals surface area contributed by atoms with E-state index in [2.05, 4.69) is 15.4 Å². The van der Waals surface area contributed by atoms with E-state index in [4.69, 9.17) is 23.2 Å². The van der Waals surface area contributed by atoms with Gasteiger partial charge in [-0.25, -0.2) is 9.07 Å². The van der Waals surface area contributed by atoms with Crippen molar-refractivity contribution in [2.24, 2.45) is 0 Å². The van der Waals surface area contributed by atoms with Gasteiger partial charge < -0.3 is 10.4 Å². The van der Waals surface area contributed by atoms with Gasteiger partial charge in [0.2, 0.25) is 5.95 Å². The van der Waals surface area contributed by atoms with Crippen LogP contribution in [0.3, 0.4) is 0 Å². The van der Waals surface area contributed by atoms with Gasteiger partial charge in [-0.1, -0.05) is 29.3 Å². The van der Waals surface area contributed by atoms with E-state index in [0.717, 1.165) is 5.56 Å². The Morgan fingerprint density at radius 2 is 2.00 bits per heavy atom. The fourth-order valence-electron chi connectivity index (χ4n) is 2.78. The zero-order valence-corrected chi connectivity index (χ0v) is 14.1. The van der Waals surface area contributed by atoms with Crippen LogP contribution in [0.1, 0.15) is 17.2 Å². The molecule has 126 valence electrons. The Labute approximate surface area is 152 Å². The van der Waals surface area contributed by atoms with E-state index in [1.165, 1.54) is 24.5 Å². The van der Waals surface area contributed by atoms with Crippen molar-refractivity contribution in [3.63, 3.8) is 0 Å². The largest absolute Gasteiger partial charge is 0.507 e. The predicted octanol–water partition coefficient (Wildman–Crippen LogP) is 4.49. The van der Waals surface area contributed by atoms with Crippen LogP contribution >= 0.6 is 23.2 Å². The van der Waals surface area contributed by atoms with E-state index < -0.39 is 5.82 Å². The summed E-state index contributed by atoms with van der Waals surface area (Å²) in [5, 5.41) is 18.4. The third kappa shape index (κ3) is 2.83. The van der Waals surface area contributed by atoms with Crippen LogP contribution < -0.4 is 5.32 Å². The summed E-state index contributed by atoms with van der Waals surface area (Å²) in [6, 6.07) is 8.53. The average molecular weight is 377 g/mol. The lowest BCUT2D eigenvalue weighted by Crippen LogP contribution is -2.20. The first kappa shape index (κ1) is 15.9. The molecule has 2 N–H and O–H groups in total. The number of anilines is 1. The number of hydrogen-bond acceptors (Lipinski definition) is 4. The summed E-state index contributed by atoms with van der Waals surface area (Å²) in [5.74, 6) is -0.0464. The third-order valence-electron chi connectivity index (χ3n) is 3.94. The third-order valence-corrected chi connectivity index (χ3v) is 4.50. The number of rotatable bonds is 2. The first-order valence-corrected chi connectivity index (χ1v) is 8.11. The number of aromatic hydroxyl groups is 1. The molecule has 0 fully saturated rings. The number of fused-ring (bicyclic) bond motifs is 1. The van der Waals surface area contributed by atoms with Crippen LogP contribution in [-0.2, 0) is 0 Å². The minimum Gasteiger partial charge on any atom is -0.507 e. The molecule has 0 saturated carbocycles. The van der Waals surface area contributed by atoms with Crippen LogP contribution in [0.4, 0.5) is 10.3 Å². The van der Waals surface area contributed by atoms with Crippen LogP contribution in [0.5, 0.6) is 5.75 Å². The lowest BCUT2D eigenvalue weighted by atomic mass is 10.0. The van der Waals surface area contributed by atoms with Crippen LogP contribution in [0.25, 0.3) is 5.70 Å². The summed E-state index contributed by atoms with van der Waals surface area (Å²) < 4.78 is 15.3. The molecule has 2 aromatic carbocycles. The molecule has 1 aliphatic heterocycles. The summed E-state index contributed by atoms with van der Waals surface area (Å²) in [4.78, 5) is 4.16. The van der Waals surface area contributed by atoms with Crippen LogP contribution in [-0.4, -0.2) is 19.9 Å². The molecule has 1 aliphatic rings. The molecule has 3 aromatic rings. The molecule has 2 heterocycles. The number of nitrogens with one attached hydrogen (secondary N) is 1. The van der Waals surface area contributed by atoms with E-state index in [1.807, 2.05) is 0 Å². The number of benzene rings is 2. The normalized spacial score (nSPS) is 16.1. The molecule has 0 amide bonds. The second-order valence-electron chi connectivity index (χ2n) is 5.51. The lowest BCUT2D eigenvalue weighted by Gasteiger charge is -2.25. The van der Waals surface area contributed by atoms with Crippen molar-refractivity contribution in [2.75, 3.05) is 5.32 Å². The Hall–Kier alpha value is -2.57. The molecule has 1 atom stereocenters. The molecule has 0 radical (unpaired) electrons. The summed E-state index contributed by atoms with van der Waals surface area (Å²) >= 11 is 12.3. The second-order valence-corrected chi connectivity index (χ2v) is 6.35. The highest BCUT2D eigenvalue weighted by Gasteiger charge is 2.26. The molecule has 5 nitrogen and oxygen atoms in total. The summed E-state index contributed by atoms with van der Waals surface area (Å²) in [7, 11) is 0. The van der Waals surface area contributed by atoms with Crippen molar-refractivity contribution >= 4 is 34.8 Å². The fourth-order valence-corrected chi connectivity index (χ4v) is 3.30. The number of aromatic nitrogens is 3. The molecule has 4 rings (SSSR count). The predicted molar refractivity (Wildman–Crippen MR) is 94.3 cm³/mol. The molecule has 8 heteroatoms. The van der Waals surface area contributed by atoms with Gasteiger partial charge in [0.05, 0.1) is 5.70 Å². The van der Waals surface area contributed by atoms with Gasteiger partial charge in [0.25, 0.3) is 0 Å². The molecule has 1 aromatic heterocycles. The van der Waals surface area contributed by atoms with E-state index in [0.29, 0.717) is 27.3 Å². The quantitative estimate of drug-likeness (QED) is 0.691. The van der Waals surface area contributed by atoms with Gasteiger partial charge >= 0.3 is 0 Å². The molecular formula is C17H11Cl2FN4O. The number of halogens is 3. The molecule has 0 saturated heterocycles. The van der Waals surface area contributed by atoms with Gasteiger partial charge in [-0.15, -0.1) is 0 Å². The van der Waals surface area contributed by atoms with E-state index in [9.17, 15) is 9.50 Å². The van der Waals surface area contributed by atoms with Gasteiger partial charge in [-0.3, -0.25) is 0 Å². The minimum absolute atomic E-state index is 0.0472. The molecule has 0 aliphatic carbocycles. The Morgan fingerprint density at radius 1 is 1.16 bits per heavy atom. The number of hydrogen-bond donors (Lipinski definition) is 2. The fraction of sp³-hybridized carbons (Fsp3) is 0.0588. The highest BCUT2D eigenvalue weighted by atomic mass is 35.5. The van der Waals surface area contributed by atoms with Gasteiger partial charge in [0, 0.05) is 15.6 Å². The van der Waals surface area contributed by atoms with Crippen molar-refractivity contribution in [3.8, 4) is 5.75 Å². The number of phenolic OH excluding ortho intramolecular Hbond substituents is 1. The van der Waals surface area contributed by atoms with Gasteiger partial charge in [-0.2, -0.15) is 10.1 Å². The van der Waals surface area contributed by atoms with Gasteiger partial charge in [0.15, 0.2) is 0 Å². The molecule has 0 bridgehead atoms. The first-order valence-electron chi connectivity index (χ1n) is 7.35. The lowest BCUT2D eigenvalue weighted by molar-refractivity contribution is 0.471. The van der Waals surface area contributed by atoms with Crippen LogP contribution in [0.2, 0.25) is 10.0 Å². The van der Waals surface area contributed by atoms with Crippen molar-refractivity contribution in [1.29, 1.82) is 0 Å². The standard InChI is InChI=1S/C17H11Cl2FN4O/c18-9-1-3-11(13(19)5-9)15-7-14(23-17-21-8-22-24(15)17)12-6-10(20)2-4-16(12)25/h1-8,15,25H,(H,21,22,23)/t15-/m1/s1. The van der Waals surface area contributed by atoms with Crippen molar-refractivity contribution in [3.05, 3.63) is 75.8 Å². The van der Waals surface area contributed by atoms with E-state index >= 15 is 0 Å².